The maximum atomic E-state index is 6.11. The summed E-state index contributed by atoms with van der Waals surface area (Å²) in [5.74, 6) is 1.23. The topological polar surface area (TPSA) is 44.5 Å². The molecule has 0 atom stereocenters. The van der Waals surface area contributed by atoms with E-state index in [2.05, 4.69) is 23.7 Å². The minimum Gasteiger partial charge on any atom is -0.441 e. The van der Waals surface area contributed by atoms with Crippen molar-refractivity contribution in [2.24, 2.45) is 0 Å². The van der Waals surface area contributed by atoms with E-state index in [0.717, 1.165) is 22.1 Å². The predicted octanol–water partition coefficient (Wildman–Crippen LogP) is 4.08. The van der Waals surface area contributed by atoms with Crippen molar-refractivity contribution >= 4 is 36.9 Å². The fourth-order valence-electron chi connectivity index (χ4n) is 2.55. The smallest absolute Gasteiger partial charge is 0.441 e. The standard InChI is InChI=1S/C17H22BNO3S/c1-11-19-14-9-12(6-7-15(14)20-11)8-13(10-23)18-21-16(2,3)17(4,5)22-18/h6-9,23H,10H2,1-5H3. The van der Waals surface area contributed by atoms with Crippen LogP contribution in [-0.4, -0.2) is 29.1 Å². The third-order valence-corrected chi connectivity index (χ3v) is 4.97. The van der Waals surface area contributed by atoms with Gasteiger partial charge in [-0.05, 0) is 50.9 Å². The molecule has 3 rings (SSSR count). The Labute approximate surface area is 142 Å². The molecule has 0 bridgehead atoms. The van der Waals surface area contributed by atoms with Crippen molar-refractivity contribution in [2.45, 2.75) is 45.8 Å². The van der Waals surface area contributed by atoms with Crippen LogP contribution in [0.1, 0.15) is 39.1 Å². The van der Waals surface area contributed by atoms with E-state index in [9.17, 15) is 0 Å². The molecule has 0 radical (unpaired) electrons. The van der Waals surface area contributed by atoms with Crippen LogP contribution in [-0.2, 0) is 9.31 Å². The Balaban J connectivity index is 1.92. The molecule has 1 saturated heterocycles. The lowest BCUT2D eigenvalue weighted by Crippen LogP contribution is -2.41. The van der Waals surface area contributed by atoms with Crippen LogP contribution in [0.2, 0.25) is 0 Å². The Hall–Kier alpha value is -1.24. The minimum absolute atomic E-state index is 0.354. The summed E-state index contributed by atoms with van der Waals surface area (Å²) in [6.07, 6.45) is 2.05. The molecule has 0 spiro atoms. The molecule has 23 heavy (non-hydrogen) atoms. The van der Waals surface area contributed by atoms with Crippen molar-refractivity contribution in [3.63, 3.8) is 0 Å². The quantitative estimate of drug-likeness (QED) is 0.680. The molecule has 1 aromatic carbocycles. The van der Waals surface area contributed by atoms with Crippen LogP contribution in [0.15, 0.2) is 28.1 Å². The average Bonchev–Trinajstić information content (AvgIpc) is 2.91. The zero-order valence-electron chi connectivity index (χ0n) is 14.2. The van der Waals surface area contributed by atoms with Gasteiger partial charge in [-0.1, -0.05) is 12.1 Å². The summed E-state index contributed by atoms with van der Waals surface area (Å²) in [4.78, 5) is 4.37. The van der Waals surface area contributed by atoms with E-state index in [1.807, 2.05) is 52.8 Å². The van der Waals surface area contributed by atoms with E-state index in [1.165, 1.54) is 0 Å². The second-order valence-corrected chi connectivity index (χ2v) is 7.24. The third-order valence-electron chi connectivity index (χ3n) is 4.61. The number of fused-ring (bicyclic) bond motifs is 1. The number of oxazole rings is 1. The Bertz CT molecular complexity index is 750. The maximum absolute atomic E-state index is 6.11. The highest BCUT2D eigenvalue weighted by Gasteiger charge is 2.52. The van der Waals surface area contributed by atoms with Gasteiger partial charge in [0, 0.05) is 12.7 Å². The first kappa shape index (κ1) is 16.6. The second kappa shape index (κ2) is 5.69. The van der Waals surface area contributed by atoms with E-state index in [0.29, 0.717) is 11.6 Å². The molecular formula is C17H22BNO3S. The van der Waals surface area contributed by atoms with Crippen molar-refractivity contribution in [3.8, 4) is 0 Å². The lowest BCUT2D eigenvalue weighted by atomic mass is 9.78. The van der Waals surface area contributed by atoms with Crippen LogP contribution in [0.4, 0.5) is 0 Å². The maximum Gasteiger partial charge on any atom is 0.491 e. The van der Waals surface area contributed by atoms with Crippen LogP contribution in [0.25, 0.3) is 17.2 Å². The van der Waals surface area contributed by atoms with Gasteiger partial charge in [0.05, 0.1) is 11.2 Å². The zero-order chi connectivity index (χ0) is 16.8. The molecule has 0 amide bonds. The highest BCUT2D eigenvalue weighted by Crippen LogP contribution is 2.39. The summed E-state index contributed by atoms with van der Waals surface area (Å²) in [5.41, 5.74) is 2.96. The van der Waals surface area contributed by atoms with Gasteiger partial charge >= 0.3 is 7.12 Å². The number of nitrogens with zero attached hydrogens (tertiary/aromatic N) is 1. The summed E-state index contributed by atoms with van der Waals surface area (Å²) in [6, 6.07) is 5.93. The van der Waals surface area contributed by atoms with Gasteiger partial charge in [-0.3, -0.25) is 0 Å². The second-order valence-electron chi connectivity index (χ2n) is 6.93. The molecule has 4 nitrogen and oxygen atoms in total. The van der Waals surface area contributed by atoms with Gasteiger partial charge in [0.2, 0.25) is 0 Å². The van der Waals surface area contributed by atoms with Crippen LogP contribution in [0, 0.1) is 6.92 Å². The first-order chi connectivity index (χ1) is 10.7. The lowest BCUT2D eigenvalue weighted by Gasteiger charge is -2.32. The Morgan fingerprint density at radius 1 is 1.22 bits per heavy atom. The normalized spacial score (nSPS) is 20.4. The Morgan fingerprint density at radius 2 is 1.87 bits per heavy atom. The molecule has 0 saturated carbocycles. The van der Waals surface area contributed by atoms with Crippen molar-refractivity contribution < 1.29 is 13.7 Å². The molecule has 2 heterocycles. The molecule has 0 N–H and O–H groups in total. The number of thiol groups is 1. The summed E-state index contributed by atoms with van der Waals surface area (Å²) in [6.45, 7) is 10.0. The number of aryl methyl sites for hydroxylation is 1. The molecule has 6 heteroatoms. The summed E-state index contributed by atoms with van der Waals surface area (Å²) >= 11 is 4.45. The number of hydrogen-bond donors (Lipinski definition) is 1. The minimum atomic E-state index is -0.382. The van der Waals surface area contributed by atoms with Crippen molar-refractivity contribution in [2.75, 3.05) is 5.75 Å². The molecule has 2 aromatic rings. The largest absolute Gasteiger partial charge is 0.491 e. The molecule has 1 aliphatic rings. The molecule has 1 aliphatic heterocycles. The summed E-state index contributed by atoms with van der Waals surface area (Å²) in [7, 11) is -0.382. The number of aromatic nitrogens is 1. The van der Waals surface area contributed by atoms with E-state index in [1.54, 1.807) is 0 Å². The molecule has 122 valence electrons. The molecule has 0 aliphatic carbocycles. The van der Waals surface area contributed by atoms with Crippen molar-refractivity contribution in [1.29, 1.82) is 0 Å². The van der Waals surface area contributed by atoms with Gasteiger partial charge in [-0.25, -0.2) is 4.98 Å². The summed E-state index contributed by atoms with van der Waals surface area (Å²) in [5, 5.41) is 0. The van der Waals surface area contributed by atoms with Gasteiger partial charge in [0.15, 0.2) is 11.5 Å². The van der Waals surface area contributed by atoms with Gasteiger partial charge in [-0.15, -0.1) is 0 Å². The Kier molecular flexibility index (Phi) is 4.11. The van der Waals surface area contributed by atoms with Gasteiger partial charge < -0.3 is 13.7 Å². The highest BCUT2D eigenvalue weighted by molar-refractivity contribution is 7.80. The van der Waals surface area contributed by atoms with Crippen LogP contribution in [0.5, 0.6) is 0 Å². The van der Waals surface area contributed by atoms with Gasteiger partial charge in [-0.2, -0.15) is 12.6 Å². The van der Waals surface area contributed by atoms with Crippen LogP contribution < -0.4 is 0 Å². The van der Waals surface area contributed by atoms with E-state index in [4.69, 9.17) is 13.7 Å². The van der Waals surface area contributed by atoms with E-state index in [-0.39, 0.29) is 18.3 Å². The zero-order valence-corrected chi connectivity index (χ0v) is 15.1. The lowest BCUT2D eigenvalue weighted by molar-refractivity contribution is 0.00578. The number of hydrogen-bond acceptors (Lipinski definition) is 5. The van der Waals surface area contributed by atoms with Gasteiger partial charge in [0.25, 0.3) is 0 Å². The molecule has 1 fully saturated rings. The van der Waals surface area contributed by atoms with Crippen molar-refractivity contribution in [1.82, 2.24) is 4.98 Å². The fraction of sp³-hybridized carbons (Fsp3) is 0.471. The SMILES string of the molecule is Cc1nc2cc(C=C(CS)B3OC(C)(C)C(C)(C)O3)ccc2o1. The third kappa shape index (κ3) is 3.07. The number of benzene rings is 1. The van der Waals surface area contributed by atoms with Crippen LogP contribution in [0.3, 0.4) is 0 Å². The van der Waals surface area contributed by atoms with Crippen molar-refractivity contribution in [3.05, 3.63) is 35.1 Å². The van der Waals surface area contributed by atoms with E-state index >= 15 is 0 Å². The van der Waals surface area contributed by atoms with Crippen LogP contribution >= 0.6 is 12.6 Å². The molecule has 1 aromatic heterocycles. The monoisotopic (exact) mass is 331 g/mol. The number of rotatable bonds is 3. The fourth-order valence-corrected chi connectivity index (χ4v) is 2.79. The van der Waals surface area contributed by atoms with E-state index < -0.39 is 0 Å². The highest BCUT2D eigenvalue weighted by atomic mass is 32.1. The molecule has 0 unspecified atom stereocenters. The first-order valence-corrected chi connectivity index (χ1v) is 8.39. The Morgan fingerprint density at radius 3 is 2.48 bits per heavy atom. The average molecular weight is 331 g/mol. The molecular weight excluding hydrogens is 309 g/mol. The predicted molar refractivity (Wildman–Crippen MR) is 96.7 cm³/mol. The first-order valence-electron chi connectivity index (χ1n) is 7.76. The summed E-state index contributed by atoms with van der Waals surface area (Å²) < 4.78 is 17.7. The van der Waals surface area contributed by atoms with Gasteiger partial charge in [0.1, 0.15) is 5.52 Å².